The van der Waals surface area contributed by atoms with Gasteiger partial charge in [0.1, 0.15) is 6.04 Å². The molecule has 2 aliphatic rings. The first-order chi connectivity index (χ1) is 15.8. The molecule has 2 N–H and O–H groups in total. The van der Waals surface area contributed by atoms with E-state index in [0.29, 0.717) is 27.1 Å². The fraction of sp³-hybridized carbons (Fsp3) is 0.409. The molecule has 4 rings (SSSR count). The van der Waals surface area contributed by atoms with Crippen LogP contribution in [-0.2, 0) is 9.53 Å². The van der Waals surface area contributed by atoms with Gasteiger partial charge in [-0.2, -0.15) is 0 Å². The Kier molecular flexibility index (Phi) is 7.08. The van der Waals surface area contributed by atoms with Gasteiger partial charge in [-0.25, -0.2) is 18.6 Å². The Bertz CT molecular complexity index is 1080. The largest absolute Gasteiger partial charge is 0.463 e. The molecule has 0 spiro atoms. The second-order valence-corrected chi connectivity index (χ2v) is 9.08. The lowest BCUT2D eigenvalue weighted by Crippen LogP contribution is -2.42. The van der Waals surface area contributed by atoms with Crippen molar-refractivity contribution in [2.24, 2.45) is 4.99 Å². The number of rotatable bonds is 7. The summed E-state index contributed by atoms with van der Waals surface area (Å²) >= 11 is 7.81. The van der Waals surface area contributed by atoms with Crippen molar-refractivity contribution in [3.63, 3.8) is 0 Å². The number of aromatic nitrogens is 1. The number of thiazole rings is 1. The van der Waals surface area contributed by atoms with Crippen LogP contribution in [0.2, 0.25) is 5.02 Å². The minimum Gasteiger partial charge on any atom is -0.463 e. The zero-order chi connectivity index (χ0) is 23.6. The highest BCUT2D eigenvalue weighted by molar-refractivity contribution is 7.11. The number of halogens is 3. The molecule has 0 aliphatic carbocycles. The first-order valence-corrected chi connectivity index (χ1v) is 11.7. The van der Waals surface area contributed by atoms with E-state index in [1.54, 1.807) is 42.8 Å². The van der Waals surface area contributed by atoms with Crippen LogP contribution < -0.4 is 5.32 Å². The van der Waals surface area contributed by atoms with E-state index < -0.39 is 43.5 Å². The Morgan fingerprint density at radius 3 is 2.88 bits per heavy atom. The number of nitrogens with one attached hydrogen (secondary N) is 1. The van der Waals surface area contributed by atoms with Crippen molar-refractivity contribution in [2.75, 3.05) is 26.3 Å². The molecule has 33 heavy (non-hydrogen) atoms. The third-order valence-electron chi connectivity index (χ3n) is 5.51. The Morgan fingerprint density at radius 1 is 1.42 bits per heavy atom. The van der Waals surface area contributed by atoms with Crippen LogP contribution in [0.1, 0.15) is 30.0 Å². The van der Waals surface area contributed by atoms with E-state index in [9.17, 15) is 18.7 Å². The standard InChI is InChI=1S/C22H23ClF2N4O3S/c1-2-32-21(31)17-16(10-29-12-22(24,25)9-13(29)11-30)27-19(20-26-7-8-33-20)28-18(17)14-5-3-4-6-15(14)23/h3-8,13,18,30H,2,9-12H2,1H3,(H,27,28)/t13-,18+/m1/s1. The predicted octanol–water partition coefficient (Wildman–Crippen LogP) is 3.41. The summed E-state index contributed by atoms with van der Waals surface area (Å²) in [4.78, 5) is 23.6. The highest BCUT2D eigenvalue weighted by atomic mass is 35.5. The summed E-state index contributed by atoms with van der Waals surface area (Å²) in [6.07, 6.45) is 1.18. The van der Waals surface area contributed by atoms with E-state index in [0.717, 1.165) is 0 Å². The molecule has 0 amide bonds. The molecule has 176 valence electrons. The van der Waals surface area contributed by atoms with Crippen molar-refractivity contribution < 1.29 is 23.4 Å². The summed E-state index contributed by atoms with van der Waals surface area (Å²) in [5.74, 6) is -3.14. The van der Waals surface area contributed by atoms with Crippen LogP contribution >= 0.6 is 22.9 Å². The highest BCUT2D eigenvalue weighted by Crippen LogP contribution is 2.38. The van der Waals surface area contributed by atoms with Crippen molar-refractivity contribution in [2.45, 2.75) is 31.4 Å². The molecule has 2 aliphatic heterocycles. The highest BCUT2D eigenvalue weighted by Gasteiger charge is 2.45. The number of hydrogen-bond donors (Lipinski definition) is 2. The SMILES string of the molecule is CCOC(=O)C1=C(CN2CC(F)(F)C[C@@H]2CO)NC(c2nccs2)=N[C@H]1c1ccccc1Cl. The van der Waals surface area contributed by atoms with Crippen LogP contribution in [0.4, 0.5) is 8.78 Å². The normalized spacial score (nSPS) is 22.8. The number of carbonyl (C=O) groups is 1. The van der Waals surface area contributed by atoms with Gasteiger partial charge in [-0.05, 0) is 13.0 Å². The van der Waals surface area contributed by atoms with Crippen LogP contribution in [0.15, 0.2) is 52.1 Å². The Morgan fingerprint density at radius 2 is 2.21 bits per heavy atom. The molecule has 0 radical (unpaired) electrons. The zero-order valence-electron chi connectivity index (χ0n) is 17.8. The van der Waals surface area contributed by atoms with E-state index in [1.807, 2.05) is 0 Å². The van der Waals surface area contributed by atoms with Gasteiger partial charge in [0.25, 0.3) is 5.92 Å². The number of aliphatic hydroxyl groups is 1. The zero-order valence-corrected chi connectivity index (χ0v) is 19.4. The van der Waals surface area contributed by atoms with Crippen molar-refractivity contribution in [3.05, 3.63) is 62.7 Å². The number of ether oxygens (including phenoxy) is 1. The second-order valence-electron chi connectivity index (χ2n) is 7.78. The smallest absolute Gasteiger partial charge is 0.338 e. The first-order valence-electron chi connectivity index (χ1n) is 10.4. The number of esters is 1. The predicted molar refractivity (Wildman–Crippen MR) is 122 cm³/mol. The molecule has 11 heteroatoms. The lowest BCUT2D eigenvalue weighted by molar-refractivity contribution is -0.139. The summed E-state index contributed by atoms with van der Waals surface area (Å²) in [6, 6.07) is 5.46. The molecular formula is C22H23ClF2N4O3S. The second kappa shape index (κ2) is 9.84. The monoisotopic (exact) mass is 496 g/mol. The maximum absolute atomic E-state index is 14.1. The molecule has 1 saturated heterocycles. The quantitative estimate of drug-likeness (QED) is 0.571. The van der Waals surface area contributed by atoms with E-state index in [1.165, 1.54) is 16.2 Å². The number of aliphatic imine (C=N–C) groups is 1. The van der Waals surface area contributed by atoms with Crippen molar-refractivity contribution in [3.8, 4) is 0 Å². The number of alkyl halides is 2. The van der Waals surface area contributed by atoms with Gasteiger partial charge in [-0.3, -0.25) is 9.89 Å². The number of benzene rings is 1. The maximum atomic E-state index is 14.1. The van der Waals surface area contributed by atoms with Gasteiger partial charge in [0.05, 0.1) is 25.3 Å². The maximum Gasteiger partial charge on any atom is 0.338 e. The summed E-state index contributed by atoms with van der Waals surface area (Å²) in [5, 5.41) is 15.6. The van der Waals surface area contributed by atoms with Gasteiger partial charge in [-0.1, -0.05) is 29.8 Å². The molecule has 0 saturated carbocycles. The third kappa shape index (κ3) is 5.08. The molecule has 3 heterocycles. The fourth-order valence-corrected chi connectivity index (χ4v) is 4.90. The molecule has 7 nitrogen and oxygen atoms in total. The molecule has 0 unspecified atom stereocenters. The molecule has 0 bridgehead atoms. The minimum absolute atomic E-state index is 0.0275. The summed E-state index contributed by atoms with van der Waals surface area (Å²) in [6.45, 7) is 0.847. The number of nitrogens with zero attached hydrogens (tertiary/aromatic N) is 3. The average molecular weight is 497 g/mol. The summed E-state index contributed by atoms with van der Waals surface area (Å²) in [7, 11) is 0. The van der Waals surface area contributed by atoms with Crippen LogP contribution in [0.5, 0.6) is 0 Å². The summed E-state index contributed by atoms with van der Waals surface area (Å²) in [5.41, 5.74) is 1.15. The van der Waals surface area contributed by atoms with Gasteiger partial charge in [0.2, 0.25) is 0 Å². The Balaban J connectivity index is 1.82. The number of aliphatic hydroxyl groups excluding tert-OH is 1. The molecular weight excluding hydrogens is 474 g/mol. The van der Waals surface area contributed by atoms with E-state index in [4.69, 9.17) is 21.3 Å². The van der Waals surface area contributed by atoms with Gasteiger partial charge in [-0.15, -0.1) is 11.3 Å². The van der Waals surface area contributed by atoms with E-state index >= 15 is 0 Å². The lowest BCUT2D eigenvalue weighted by Gasteiger charge is -2.31. The van der Waals surface area contributed by atoms with Crippen molar-refractivity contribution in [1.82, 2.24) is 15.2 Å². The van der Waals surface area contributed by atoms with Gasteiger partial charge < -0.3 is 15.2 Å². The Hall–Kier alpha value is -2.40. The number of hydrogen-bond acceptors (Lipinski definition) is 8. The van der Waals surface area contributed by atoms with E-state index in [-0.39, 0.29) is 18.7 Å². The lowest BCUT2D eigenvalue weighted by atomic mass is 9.95. The van der Waals surface area contributed by atoms with Crippen LogP contribution in [-0.4, -0.2) is 65.1 Å². The first kappa shape index (κ1) is 23.7. The van der Waals surface area contributed by atoms with Gasteiger partial charge in [0, 0.05) is 46.9 Å². The average Bonchev–Trinajstić information content (AvgIpc) is 3.41. The van der Waals surface area contributed by atoms with Crippen LogP contribution in [0.3, 0.4) is 0 Å². The number of amidine groups is 1. The third-order valence-corrected chi connectivity index (χ3v) is 6.64. The van der Waals surface area contributed by atoms with Crippen LogP contribution in [0.25, 0.3) is 0 Å². The number of likely N-dealkylation sites (tertiary alicyclic amines) is 1. The minimum atomic E-state index is -2.93. The fourth-order valence-electron chi connectivity index (χ4n) is 4.07. The Labute approximate surface area is 198 Å². The van der Waals surface area contributed by atoms with E-state index in [2.05, 4.69) is 10.3 Å². The number of carbonyl (C=O) groups excluding carboxylic acids is 1. The molecule has 1 aromatic carbocycles. The molecule has 1 fully saturated rings. The van der Waals surface area contributed by atoms with Crippen molar-refractivity contribution in [1.29, 1.82) is 0 Å². The van der Waals surface area contributed by atoms with Gasteiger partial charge in [0.15, 0.2) is 10.8 Å². The van der Waals surface area contributed by atoms with Crippen LogP contribution in [0, 0.1) is 0 Å². The van der Waals surface area contributed by atoms with Crippen molar-refractivity contribution >= 4 is 34.7 Å². The van der Waals surface area contributed by atoms with Gasteiger partial charge >= 0.3 is 5.97 Å². The molecule has 2 atom stereocenters. The topological polar surface area (TPSA) is 87.0 Å². The summed E-state index contributed by atoms with van der Waals surface area (Å²) < 4.78 is 33.6. The molecule has 1 aromatic heterocycles. The molecule has 2 aromatic rings.